The summed E-state index contributed by atoms with van der Waals surface area (Å²) in [5.74, 6) is 0.816. The van der Waals surface area contributed by atoms with Crippen molar-refractivity contribution in [3.63, 3.8) is 0 Å². The molecule has 14 heavy (non-hydrogen) atoms. The van der Waals surface area contributed by atoms with Crippen LogP contribution in [0.15, 0.2) is 17.0 Å². The molecule has 1 aromatic rings. The molecule has 0 radical (unpaired) electrons. The topological polar surface area (TPSA) is 63.8 Å². The molecule has 0 bridgehead atoms. The Hall–Kier alpha value is -0.680. The fourth-order valence-electron chi connectivity index (χ4n) is 1.51. The molecular weight excluding hydrogens is 244 g/mol. The van der Waals surface area contributed by atoms with Gasteiger partial charge in [-0.05, 0) is 35.2 Å². The number of halogens is 1. The van der Waals surface area contributed by atoms with Crippen LogP contribution in [0.4, 0.5) is 5.82 Å². The number of hydrogen-bond donors (Lipinski definition) is 2. The molecule has 1 aliphatic rings. The van der Waals surface area contributed by atoms with Crippen LogP contribution < -0.4 is 11.1 Å². The summed E-state index contributed by atoms with van der Waals surface area (Å²) in [7, 11) is 0. The number of nitrogens with zero attached hydrogens (tertiary/aromatic N) is 2. The number of hydrogen-bond acceptors (Lipinski definition) is 4. The SMILES string of the molecule is NC1(CNc2ncncc2Br)CCC1. The van der Waals surface area contributed by atoms with Crippen LogP contribution >= 0.6 is 15.9 Å². The first kappa shape index (κ1) is 9.86. The molecule has 1 saturated carbocycles. The molecule has 0 aliphatic heterocycles. The van der Waals surface area contributed by atoms with Crippen LogP contribution in [0.1, 0.15) is 19.3 Å². The Morgan fingerprint density at radius 2 is 2.36 bits per heavy atom. The third kappa shape index (κ3) is 2.04. The van der Waals surface area contributed by atoms with Crippen molar-refractivity contribution in [3.8, 4) is 0 Å². The van der Waals surface area contributed by atoms with Gasteiger partial charge >= 0.3 is 0 Å². The van der Waals surface area contributed by atoms with Crippen molar-refractivity contribution in [2.45, 2.75) is 24.8 Å². The minimum absolute atomic E-state index is 0.0234. The molecule has 5 heteroatoms. The Morgan fingerprint density at radius 1 is 1.57 bits per heavy atom. The van der Waals surface area contributed by atoms with E-state index >= 15 is 0 Å². The van der Waals surface area contributed by atoms with E-state index in [2.05, 4.69) is 31.2 Å². The highest BCUT2D eigenvalue weighted by atomic mass is 79.9. The monoisotopic (exact) mass is 256 g/mol. The van der Waals surface area contributed by atoms with E-state index in [4.69, 9.17) is 5.73 Å². The first-order valence-corrected chi connectivity index (χ1v) is 5.47. The van der Waals surface area contributed by atoms with Crippen LogP contribution in [0, 0.1) is 0 Å². The lowest BCUT2D eigenvalue weighted by Gasteiger charge is -2.38. The number of nitrogens with one attached hydrogen (secondary N) is 1. The second-order valence-electron chi connectivity index (χ2n) is 3.79. The highest BCUT2D eigenvalue weighted by molar-refractivity contribution is 9.10. The molecular formula is C9H13BrN4. The van der Waals surface area contributed by atoms with Gasteiger partial charge in [-0.2, -0.15) is 0 Å². The molecule has 0 unspecified atom stereocenters. The van der Waals surface area contributed by atoms with E-state index in [1.54, 1.807) is 6.20 Å². The minimum Gasteiger partial charge on any atom is -0.367 e. The fourth-order valence-corrected chi connectivity index (χ4v) is 1.87. The van der Waals surface area contributed by atoms with Gasteiger partial charge in [0.1, 0.15) is 12.1 Å². The predicted molar refractivity (Wildman–Crippen MR) is 59.0 cm³/mol. The van der Waals surface area contributed by atoms with Crippen molar-refractivity contribution < 1.29 is 0 Å². The van der Waals surface area contributed by atoms with Crippen molar-refractivity contribution in [2.24, 2.45) is 5.73 Å². The van der Waals surface area contributed by atoms with Crippen molar-refractivity contribution in [2.75, 3.05) is 11.9 Å². The van der Waals surface area contributed by atoms with E-state index < -0.39 is 0 Å². The minimum atomic E-state index is -0.0234. The maximum absolute atomic E-state index is 6.08. The van der Waals surface area contributed by atoms with Crippen LogP contribution in [0.2, 0.25) is 0 Å². The maximum Gasteiger partial charge on any atom is 0.143 e. The van der Waals surface area contributed by atoms with Gasteiger partial charge in [-0.1, -0.05) is 0 Å². The normalized spacial score (nSPS) is 18.7. The number of anilines is 1. The zero-order valence-corrected chi connectivity index (χ0v) is 9.42. The fraction of sp³-hybridized carbons (Fsp3) is 0.556. The summed E-state index contributed by atoms with van der Waals surface area (Å²) in [5.41, 5.74) is 6.06. The van der Waals surface area contributed by atoms with Gasteiger partial charge in [0, 0.05) is 18.3 Å². The molecule has 1 aliphatic carbocycles. The first-order valence-electron chi connectivity index (χ1n) is 4.68. The van der Waals surface area contributed by atoms with Crippen molar-refractivity contribution in [1.82, 2.24) is 9.97 Å². The molecule has 0 amide bonds. The molecule has 4 nitrogen and oxygen atoms in total. The Bertz CT molecular complexity index is 324. The average molecular weight is 257 g/mol. The van der Waals surface area contributed by atoms with E-state index in [-0.39, 0.29) is 5.54 Å². The molecule has 0 atom stereocenters. The average Bonchev–Trinajstić information content (AvgIpc) is 2.14. The summed E-state index contributed by atoms with van der Waals surface area (Å²) >= 11 is 3.38. The Balaban J connectivity index is 1.95. The van der Waals surface area contributed by atoms with Gasteiger partial charge in [0.25, 0.3) is 0 Å². The van der Waals surface area contributed by atoms with Gasteiger partial charge in [0.05, 0.1) is 4.47 Å². The summed E-state index contributed by atoms with van der Waals surface area (Å²) in [6.07, 6.45) is 6.69. The van der Waals surface area contributed by atoms with Crippen LogP contribution in [0.25, 0.3) is 0 Å². The highest BCUT2D eigenvalue weighted by Crippen LogP contribution is 2.29. The molecule has 76 valence electrons. The number of nitrogens with two attached hydrogens (primary N) is 1. The van der Waals surface area contributed by atoms with Gasteiger partial charge in [-0.15, -0.1) is 0 Å². The summed E-state index contributed by atoms with van der Waals surface area (Å²) in [4.78, 5) is 8.01. The lowest BCUT2D eigenvalue weighted by atomic mass is 9.78. The van der Waals surface area contributed by atoms with E-state index in [0.29, 0.717) is 0 Å². The van der Waals surface area contributed by atoms with E-state index in [1.807, 2.05) is 0 Å². The zero-order chi connectivity index (χ0) is 10.0. The Kier molecular flexibility index (Phi) is 2.69. The van der Waals surface area contributed by atoms with Gasteiger partial charge < -0.3 is 11.1 Å². The maximum atomic E-state index is 6.08. The summed E-state index contributed by atoms with van der Waals surface area (Å²) < 4.78 is 0.878. The van der Waals surface area contributed by atoms with Gasteiger partial charge in [0.15, 0.2) is 0 Å². The molecule has 0 saturated heterocycles. The zero-order valence-electron chi connectivity index (χ0n) is 7.83. The number of aromatic nitrogens is 2. The van der Waals surface area contributed by atoms with Gasteiger partial charge in [-0.3, -0.25) is 0 Å². The summed E-state index contributed by atoms with van der Waals surface area (Å²) in [6, 6.07) is 0. The summed E-state index contributed by atoms with van der Waals surface area (Å²) in [6.45, 7) is 0.780. The lowest BCUT2D eigenvalue weighted by molar-refractivity contribution is 0.265. The first-order chi connectivity index (χ1) is 6.70. The van der Waals surface area contributed by atoms with Crippen LogP contribution in [0.3, 0.4) is 0 Å². The Morgan fingerprint density at radius 3 is 2.93 bits per heavy atom. The quantitative estimate of drug-likeness (QED) is 0.861. The second kappa shape index (κ2) is 3.82. The molecule has 2 rings (SSSR count). The van der Waals surface area contributed by atoms with Crippen LogP contribution in [-0.4, -0.2) is 22.1 Å². The van der Waals surface area contributed by atoms with Gasteiger partial charge in [-0.25, -0.2) is 9.97 Å². The molecule has 1 aromatic heterocycles. The molecule has 1 heterocycles. The standard InChI is InChI=1S/C9H13BrN4/c10-7-4-12-6-14-8(7)13-5-9(11)2-1-3-9/h4,6H,1-3,5,11H2,(H,12,13,14). The molecule has 0 spiro atoms. The van der Waals surface area contributed by atoms with Crippen LogP contribution in [-0.2, 0) is 0 Å². The molecule has 3 N–H and O–H groups in total. The summed E-state index contributed by atoms with van der Waals surface area (Å²) in [5, 5.41) is 3.23. The van der Waals surface area contributed by atoms with Crippen LogP contribution in [0.5, 0.6) is 0 Å². The number of rotatable bonds is 3. The van der Waals surface area contributed by atoms with Crippen molar-refractivity contribution in [1.29, 1.82) is 0 Å². The Labute approximate surface area is 91.4 Å². The van der Waals surface area contributed by atoms with E-state index in [1.165, 1.54) is 12.7 Å². The van der Waals surface area contributed by atoms with E-state index in [0.717, 1.165) is 29.7 Å². The third-order valence-corrected chi connectivity index (χ3v) is 3.21. The predicted octanol–water partition coefficient (Wildman–Crippen LogP) is 1.53. The lowest BCUT2D eigenvalue weighted by Crippen LogP contribution is -2.52. The third-order valence-electron chi connectivity index (χ3n) is 2.62. The van der Waals surface area contributed by atoms with Gasteiger partial charge in [0.2, 0.25) is 0 Å². The molecule has 1 fully saturated rings. The van der Waals surface area contributed by atoms with Crippen molar-refractivity contribution >= 4 is 21.7 Å². The second-order valence-corrected chi connectivity index (χ2v) is 4.64. The van der Waals surface area contributed by atoms with E-state index in [9.17, 15) is 0 Å². The smallest absolute Gasteiger partial charge is 0.143 e. The largest absolute Gasteiger partial charge is 0.367 e. The molecule has 0 aromatic carbocycles. The van der Waals surface area contributed by atoms with Crippen molar-refractivity contribution in [3.05, 3.63) is 17.0 Å². The highest BCUT2D eigenvalue weighted by Gasteiger charge is 2.32.